The molecule has 0 fully saturated rings. The lowest BCUT2D eigenvalue weighted by Gasteiger charge is -2.21. The van der Waals surface area contributed by atoms with Crippen molar-refractivity contribution in [3.05, 3.63) is 11.6 Å². The molecule has 0 bridgehead atoms. The molecule has 2 heterocycles. The number of hydrogen-bond donors (Lipinski definition) is 0. The van der Waals surface area contributed by atoms with Gasteiger partial charge in [-0.05, 0) is 26.0 Å². The van der Waals surface area contributed by atoms with Crippen LogP contribution < -0.4 is 0 Å². The topological polar surface area (TPSA) is 28.0 Å². The lowest BCUT2D eigenvalue weighted by Crippen LogP contribution is -2.26. The second kappa shape index (κ2) is 3.42. The van der Waals surface area contributed by atoms with Gasteiger partial charge >= 0.3 is 0 Å². The highest BCUT2D eigenvalue weighted by molar-refractivity contribution is 6.14. The van der Waals surface area contributed by atoms with Gasteiger partial charge < -0.3 is 4.90 Å². The van der Waals surface area contributed by atoms with Crippen molar-refractivity contribution >= 4 is 11.4 Å². The number of likely N-dealkylation sites (N-methyl/N-ethyl adjacent to an activating group) is 1. The Morgan fingerprint density at radius 1 is 1.38 bits per heavy atom. The normalized spacial score (nSPS) is 24.0. The second-order valence-corrected chi connectivity index (χ2v) is 3.80. The van der Waals surface area contributed by atoms with E-state index in [0.717, 1.165) is 31.6 Å². The van der Waals surface area contributed by atoms with E-state index in [-0.39, 0.29) is 0 Å². The van der Waals surface area contributed by atoms with E-state index >= 15 is 0 Å². The summed E-state index contributed by atoms with van der Waals surface area (Å²) in [5.74, 6) is 0. The summed E-state index contributed by atoms with van der Waals surface area (Å²) < 4.78 is 0. The van der Waals surface area contributed by atoms with Gasteiger partial charge in [0.05, 0.1) is 5.71 Å². The maximum absolute atomic E-state index is 4.18. The van der Waals surface area contributed by atoms with E-state index in [1.165, 1.54) is 11.3 Å². The number of nitrogens with zero attached hydrogens (tertiary/aromatic N) is 3. The van der Waals surface area contributed by atoms with E-state index in [0.29, 0.717) is 0 Å². The summed E-state index contributed by atoms with van der Waals surface area (Å²) in [7, 11) is 2.14. The highest BCUT2D eigenvalue weighted by atomic mass is 15.2. The molecular weight excluding hydrogens is 162 g/mol. The number of rotatable bonds is 1. The van der Waals surface area contributed by atoms with E-state index in [4.69, 9.17) is 0 Å². The Kier molecular flexibility index (Phi) is 2.27. The summed E-state index contributed by atoms with van der Waals surface area (Å²) >= 11 is 0. The van der Waals surface area contributed by atoms with E-state index in [1.54, 1.807) is 0 Å². The molecule has 0 unspecified atom stereocenters. The second-order valence-electron chi connectivity index (χ2n) is 3.80. The van der Waals surface area contributed by atoms with E-state index in [9.17, 15) is 0 Å². The molecular formula is C10H15N3. The fraction of sp³-hybridized carbons (Fsp3) is 0.600. The average Bonchev–Trinajstić information content (AvgIpc) is 2.53. The van der Waals surface area contributed by atoms with Gasteiger partial charge in [-0.15, -0.1) is 0 Å². The average molecular weight is 177 g/mol. The van der Waals surface area contributed by atoms with Gasteiger partial charge in [0.25, 0.3) is 0 Å². The minimum atomic E-state index is 0.954. The van der Waals surface area contributed by atoms with Crippen molar-refractivity contribution in [1.29, 1.82) is 0 Å². The minimum absolute atomic E-state index is 0.954. The van der Waals surface area contributed by atoms with Crippen LogP contribution in [0.4, 0.5) is 0 Å². The zero-order valence-corrected chi connectivity index (χ0v) is 8.25. The van der Waals surface area contributed by atoms with Crippen LogP contribution in [0.2, 0.25) is 0 Å². The zero-order chi connectivity index (χ0) is 9.26. The summed E-state index contributed by atoms with van der Waals surface area (Å²) in [5.41, 5.74) is 3.72. The Balaban J connectivity index is 2.04. The molecule has 0 atom stereocenters. The van der Waals surface area contributed by atoms with Gasteiger partial charge in [0.1, 0.15) is 0 Å². The predicted octanol–water partition coefficient (Wildman–Crippen LogP) is 1.47. The molecule has 3 heteroatoms. The van der Waals surface area contributed by atoms with E-state index in [2.05, 4.69) is 28.2 Å². The maximum Gasteiger partial charge on any atom is 0.0716 e. The zero-order valence-electron chi connectivity index (χ0n) is 8.25. The van der Waals surface area contributed by atoms with Crippen molar-refractivity contribution in [2.45, 2.75) is 19.8 Å². The van der Waals surface area contributed by atoms with Gasteiger partial charge in [-0.25, -0.2) is 0 Å². The predicted molar refractivity (Wildman–Crippen MR) is 55.4 cm³/mol. The fourth-order valence-corrected chi connectivity index (χ4v) is 1.67. The van der Waals surface area contributed by atoms with Crippen molar-refractivity contribution in [3.8, 4) is 0 Å². The summed E-state index contributed by atoms with van der Waals surface area (Å²) in [4.78, 5) is 2.31. The molecule has 0 aromatic rings. The lowest BCUT2D eigenvalue weighted by atomic mass is 10.0. The first kappa shape index (κ1) is 8.63. The fourth-order valence-electron chi connectivity index (χ4n) is 1.67. The molecule has 2 rings (SSSR count). The quantitative estimate of drug-likeness (QED) is 0.596. The van der Waals surface area contributed by atoms with Crippen molar-refractivity contribution in [2.24, 2.45) is 10.2 Å². The van der Waals surface area contributed by atoms with Gasteiger partial charge in [0.15, 0.2) is 0 Å². The van der Waals surface area contributed by atoms with Gasteiger partial charge in [0, 0.05) is 25.2 Å². The molecule has 0 amide bonds. The van der Waals surface area contributed by atoms with Gasteiger partial charge in [-0.2, -0.15) is 10.2 Å². The molecule has 70 valence electrons. The summed E-state index contributed by atoms with van der Waals surface area (Å²) in [6.45, 7) is 4.23. The molecule has 0 aromatic heterocycles. The molecule has 2 aliphatic rings. The van der Waals surface area contributed by atoms with Gasteiger partial charge in [-0.1, -0.05) is 6.08 Å². The highest BCUT2D eigenvalue weighted by Crippen LogP contribution is 2.16. The highest BCUT2D eigenvalue weighted by Gasteiger charge is 2.16. The number of hydrogen-bond acceptors (Lipinski definition) is 3. The standard InChI is InChI=1S/C10H15N3/c1-8-7-10(12-11-8)9-3-5-13(2)6-4-9/h3H,4-7H2,1-2H3. The van der Waals surface area contributed by atoms with Crippen LogP contribution in [0, 0.1) is 0 Å². The van der Waals surface area contributed by atoms with E-state index in [1.807, 2.05) is 6.92 Å². The molecule has 3 nitrogen and oxygen atoms in total. The van der Waals surface area contributed by atoms with Crippen molar-refractivity contribution < 1.29 is 0 Å². The molecule has 0 radical (unpaired) electrons. The van der Waals surface area contributed by atoms with Crippen LogP contribution in [0.25, 0.3) is 0 Å². The van der Waals surface area contributed by atoms with Gasteiger partial charge in [0.2, 0.25) is 0 Å². The molecule has 13 heavy (non-hydrogen) atoms. The first-order chi connectivity index (χ1) is 6.25. The Morgan fingerprint density at radius 2 is 2.23 bits per heavy atom. The molecule has 0 spiro atoms. The van der Waals surface area contributed by atoms with Crippen LogP contribution in [0.3, 0.4) is 0 Å². The van der Waals surface area contributed by atoms with Crippen LogP contribution in [-0.4, -0.2) is 36.5 Å². The molecule has 0 N–H and O–H groups in total. The third-order valence-electron chi connectivity index (χ3n) is 2.55. The van der Waals surface area contributed by atoms with Crippen LogP contribution >= 0.6 is 0 Å². The molecule has 2 aliphatic heterocycles. The summed E-state index contributed by atoms with van der Waals surface area (Å²) in [6, 6.07) is 0. The SMILES string of the molecule is CC1=NN=C(C2=CCN(C)CC2)C1. The molecule has 0 aliphatic carbocycles. The van der Waals surface area contributed by atoms with Crippen LogP contribution in [-0.2, 0) is 0 Å². The third kappa shape index (κ3) is 1.86. The minimum Gasteiger partial charge on any atom is -0.302 e. The van der Waals surface area contributed by atoms with Gasteiger partial charge in [-0.3, -0.25) is 0 Å². The monoisotopic (exact) mass is 177 g/mol. The Hall–Kier alpha value is -0.960. The first-order valence-corrected chi connectivity index (χ1v) is 4.73. The molecule has 0 saturated carbocycles. The first-order valence-electron chi connectivity index (χ1n) is 4.73. The maximum atomic E-state index is 4.18. The van der Waals surface area contributed by atoms with Crippen LogP contribution in [0.1, 0.15) is 19.8 Å². The molecule has 0 aromatic carbocycles. The molecule has 0 saturated heterocycles. The van der Waals surface area contributed by atoms with Crippen molar-refractivity contribution in [1.82, 2.24) is 4.90 Å². The third-order valence-corrected chi connectivity index (χ3v) is 2.55. The van der Waals surface area contributed by atoms with Crippen molar-refractivity contribution in [3.63, 3.8) is 0 Å². The Morgan fingerprint density at radius 3 is 2.77 bits per heavy atom. The van der Waals surface area contributed by atoms with Crippen LogP contribution in [0.15, 0.2) is 21.9 Å². The largest absolute Gasteiger partial charge is 0.302 e. The summed E-state index contributed by atoms with van der Waals surface area (Å²) in [5, 5.41) is 8.25. The van der Waals surface area contributed by atoms with Crippen molar-refractivity contribution in [2.75, 3.05) is 20.1 Å². The lowest BCUT2D eigenvalue weighted by molar-refractivity contribution is 0.362. The Labute approximate surface area is 78.8 Å². The summed E-state index contributed by atoms with van der Waals surface area (Å²) in [6.07, 6.45) is 4.35. The van der Waals surface area contributed by atoms with E-state index < -0.39 is 0 Å². The smallest absolute Gasteiger partial charge is 0.0716 e. The Bertz CT molecular complexity index is 299. The van der Waals surface area contributed by atoms with Crippen LogP contribution in [0.5, 0.6) is 0 Å².